The van der Waals surface area contributed by atoms with E-state index in [-0.39, 0.29) is 5.91 Å². The fourth-order valence-corrected chi connectivity index (χ4v) is 3.36. The van der Waals surface area contributed by atoms with Gasteiger partial charge in [-0.05, 0) is 24.1 Å². The first-order valence-corrected chi connectivity index (χ1v) is 10.2. The second kappa shape index (κ2) is 11.0. The lowest BCUT2D eigenvalue weighted by Crippen LogP contribution is -2.49. The number of piperazine rings is 1. The second-order valence-corrected chi connectivity index (χ2v) is 6.97. The number of carbonyl (C=O) groups excluding carboxylic acids is 1. The van der Waals surface area contributed by atoms with Crippen LogP contribution in [0.1, 0.15) is 12.0 Å². The first-order valence-electron chi connectivity index (χ1n) is 10.2. The summed E-state index contributed by atoms with van der Waals surface area (Å²) in [6.45, 7) is 4.48. The summed E-state index contributed by atoms with van der Waals surface area (Å²) in [6, 6.07) is 16.3. The summed E-state index contributed by atoms with van der Waals surface area (Å²) in [5.41, 5.74) is 1.29. The van der Waals surface area contributed by atoms with E-state index >= 15 is 0 Å². The number of rotatable bonds is 7. The lowest BCUT2D eigenvalue weighted by Gasteiger charge is -2.35. The van der Waals surface area contributed by atoms with Crippen LogP contribution < -0.4 is 15.5 Å². The number of carbonyl (C=O) groups is 1. The van der Waals surface area contributed by atoms with Crippen LogP contribution in [-0.4, -0.2) is 68.1 Å². The van der Waals surface area contributed by atoms with E-state index in [1.807, 2.05) is 41.3 Å². The van der Waals surface area contributed by atoms with E-state index in [0.717, 1.165) is 50.9 Å². The zero-order valence-electron chi connectivity index (χ0n) is 17.1. The largest absolute Gasteiger partial charge is 0.356 e. The molecule has 0 unspecified atom stereocenters. The van der Waals surface area contributed by atoms with Crippen LogP contribution in [0, 0.1) is 0 Å². The molecule has 29 heavy (non-hydrogen) atoms. The van der Waals surface area contributed by atoms with Crippen molar-refractivity contribution in [2.45, 2.75) is 12.8 Å². The molecule has 0 aliphatic carbocycles. The van der Waals surface area contributed by atoms with Gasteiger partial charge in [-0.3, -0.25) is 9.79 Å². The predicted molar refractivity (Wildman–Crippen MR) is 117 cm³/mol. The number of benzene rings is 1. The van der Waals surface area contributed by atoms with Crippen LogP contribution in [-0.2, 0) is 11.2 Å². The second-order valence-electron chi connectivity index (χ2n) is 6.97. The van der Waals surface area contributed by atoms with Crippen molar-refractivity contribution in [3.05, 3.63) is 60.3 Å². The zero-order valence-corrected chi connectivity index (χ0v) is 17.1. The van der Waals surface area contributed by atoms with Gasteiger partial charge in [0.1, 0.15) is 5.82 Å². The van der Waals surface area contributed by atoms with Crippen molar-refractivity contribution in [1.29, 1.82) is 0 Å². The normalized spacial score (nSPS) is 14.6. The molecule has 0 radical (unpaired) electrons. The van der Waals surface area contributed by atoms with E-state index < -0.39 is 0 Å². The van der Waals surface area contributed by atoms with Crippen LogP contribution in [0.15, 0.2) is 59.7 Å². The van der Waals surface area contributed by atoms with E-state index in [2.05, 4.69) is 37.6 Å². The van der Waals surface area contributed by atoms with Gasteiger partial charge in [0.25, 0.3) is 0 Å². The molecular formula is C22H30N6O. The van der Waals surface area contributed by atoms with Crippen LogP contribution in [0.5, 0.6) is 0 Å². The maximum atomic E-state index is 12.5. The quantitative estimate of drug-likeness (QED) is 0.550. The number of nitrogens with zero attached hydrogens (tertiary/aromatic N) is 4. The highest BCUT2D eigenvalue weighted by Gasteiger charge is 2.21. The third-order valence-corrected chi connectivity index (χ3v) is 5.01. The van der Waals surface area contributed by atoms with E-state index in [0.29, 0.717) is 13.0 Å². The minimum Gasteiger partial charge on any atom is -0.356 e. The average molecular weight is 395 g/mol. The van der Waals surface area contributed by atoms with Gasteiger partial charge < -0.3 is 20.4 Å². The van der Waals surface area contributed by atoms with Crippen LogP contribution in [0.4, 0.5) is 5.82 Å². The Labute approximate surface area is 172 Å². The van der Waals surface area contributed by atoms with Crippen molar-refractivity contribution in [3.8, 4) is 0 Å². The van der Waals surface area contributed by atoms with Gasteiger partial charge in [-0.25, -0.2) is 4.98 Å². The van der Waals surface area contributed by atoms with Crippen LogP contribution in [0.25, 0.3) is 0 Å². The summed E-state index contributed by atoms with van der Waals surface area (Å²) >= 11 is 0. The smallest absolute Gasteiger partial charge is 0.224 e. The minimum atomic E-state index is 0.179. The van der Waals surface area contributed by atoms with Crippen molar-refractivity contribution >= 4 is 17.7 Å². The molecule has 1 amide bonds. The molecular weight excluding hydrogens is 364 g/mol. The highest BCUT2D eigenvalue weighted by atomic mass is 16.2. The van der Waals surface area contributed by atoms with Crippen molar-refractivity contribution < 1.29 is 4.79 Å². The Balaban J connectivity index is 1.33. The third-order valence-electron chi connectivity index (χ3n) is 5.01. The number of aromatic nitrogens is 1. The molecule has 1 aliphatic rings. The van der Waals surface area contributed by atoms with Gasteiger partial charge in [0.05, 0.1) is 0 Å². The summed E-state index contributed by atoms with van der Waals surface area (Å²) in [7, 11) is 1.75. The Kier molecular flexibility index (Phi) is 7.86. The lowest BCUT2D eigenvalue weighted by atomic mass is 10.1. The Morgan fingerprint density at radius 2 is 1.72 bits per heavy atom. The number of guanidine groups is 1. The summed E-state index contributed by atoms with van der Waals surface area (Å²) in [5, 5.41) is 6.53. The summed E-state index contributed by atoms with van der Waals surface area (Å²) < 4.78 is 0. The molecule has 0 spiro atoms. The number of hydrogen-bond donors (Lipinski definition) is 2. The monoisotopic (exact) mass is 394 g/mol. The van der Waals surface area contributed by atoms with Gasteiger partial charge in [0, 0.05) is 58.9 Å². The average Bonchev–Trinajstić information content (AvgIpc) is 2.79. The molecule has 2 N–H and O–H groups in total. The van der Waals surface area contributed by atoms with E-state index in [1.54, 1.807) is 13.2 Å². The minimum absolute atomic E-state index is 0.179. The molecule has 7 heteroatoms. The molecule has 1 saturated heterocycles. The number of amides is 1. The van der Waals surface area contributed by atoms with Crippen molar-refractivity contribution in [2.24, 2.45) is 4.99 Å². The van der Waals surface area contributed by atoms with Crippen LogP contribution in [0.3, 0.4) is 0 Å². The first-order chi connectivity index (χ1) is 14.3. The molecule has 0 atom stereocenters. The Hall–Kier alpha value is -3.09. The van der Waals surface area contributed by atoms with Crippen molar-refractivity contribution in [2.75, 3.05) is 51.2 Å². The molecule has 0 saturated carbocycles. The Morgan fingerprint density at radius 3 is 2.41 bits per heavy atom. The molecule has 1 aromatic carbocycles. The Bertz CT molecular complexity index is 772. The standard InChI is InChI=1S/C22H30N6O/c1-23-22(25-13-10-19-7-3-2-4-8-19)26-14-11-21(29)28-17-15-27(16-18-28)20-9-5-6-12-24-20/h2-9,12H,10-11,13-18H2,1H3,(H2,23,25,26). The predicted octanol–water partition coefficient (Wildman–Crippen LogP) is 1.53. The topological polar surface area (TPSA) is 72.9 Å². The van der Waals surface area contributed by atoms with Crippen molar-refractivity contribution in [3.63, 3.8) is 0 Å². The molecule has 1 fully saturated rings. The van der Waals surface area contributed by atoms with Gasteiger partial charge in [0.2, 0.25) is 5.91 Å². The van der Waals surface area contributed by atoms with Gasteiger partial charge in [-0.1, -0.05) is 36.4 Å². The Morgan fingerprint density at radius 1 is 1.00 bits per heavy atom. The molecule has 0 bridgehead atoms. The van der Waals surface area contributed by atoms with E-state index in [4.69, 9.17) is 0 Å². The molecule has 2 heterocycles. The molecule has 1 aliphatic heterocycles. The number of anilines is 1. The number of pyridine rings is 1. The lowest BCUT2D eigenvalue weighted by molar-refractivity contribution is -0.131. The highest BCUT2D eigenvalue weighted by molar-refractivity contribution is 5.81. The molecule has 154 valence electrons. The maximum absolute atomic E-state index is 12.5. The van der Waals surface area contributed by atoms with Gasteiger partial charge in [0.15, 0.2) is 5.96 Å². The highest BCUT2D eigenvalue weighted by Crippen LogP contribution is 2.12. The van der Waals surface area contributed by atoms with Crippen molar-refractivity contribution in [1.82, 2.24) is 20.5 Å². The van der Waals surface area contributed by atoms with Crippen LogP contribution >= 0.6 is 0 Å². The summed E-state index contributed by atoms with van der Waals surface area (Å²) in [5.74, 6) is 1.89. The molecule has 2 aromatic rings. The van der Waals surface area contributed by atoms with Gasteiger partial charge in [-0.15, -0.1) is 0 Å². The first kappa shape index (κ1) is 20.6. The SMILES string of the molecule is CN=C(NCCC(=O)N1CCN(c2ccccn2)CC1)NCCc1ccccc1. The number of aliphatic imine (C=N–C) groups is 1. The van der Waals surface area contributed by atoms with Gasteiger partial charge >= 0.3 is 0 Å². The third kappa shape index (κ3) is 6.48. The number of hydrogen-bond acceptors (Lipinski definition) is 4. The fraction of sp³-hybridized carbons (Fsp3) is 0.409. The molecule has 7 nitrogen and oxygen atoms in total. The maximum Gasteiger partial charge on any atom is 0.224 e. The summed E-state index contributed by atoms with van der Waals surface area (Å²) in [6.07, 6.45) is 3.20. The van der Waals surface area contributed by atoms with E-state index in [9.17, 15) is 4.79 Å². The summed E-state index contributed by atoms with van der Waals surface area (Å²) in [4.78, 5) is 25.3. The van der Waals surface area contributed by atoms with E-state index in [1.165, 1.54) is 5.56 Å². The fourth-order valence-electron chi connectivity index (χ4n) is 3.36. The molecule has 3 rings (SSSR count). The zero-order chi connectivity index (χ0) is 20.3. The van der Waals surface area contributed by atoms with Gasteiger partial charge in [-0.2, -0.15) is 0 Å². The molecule has 1 aromatic heterocycles. The van der Waals surface area contributed by atoms with Crippen LogP contribution in [0.2, 0.25) is 0 Å². The number of nitrogens with one attached hydrogen (secondary N) is 2.